The molecule has 4 rings (SSSR count). The third-order valence-corrected chi connectivity index (χ3v) is 7.75. The van der Waals surface area contributed by atoms with Crippen LogP contribution in [0.15, 0.2) is 72.1 Å². The lowest BCUT2D eigenvalue weighted by molar-refractivity contribution is 0.149. The number of likely N-dealkylation sites (tertiary alicyclic amines) is 1. The van der Waals surface area contributed by atoms with Crippen LogP contribution in [0.3, 0.4) is 0 Å². The number of hydrogen-bond acceptors (Lipinski definition) is 3. The van der Waals surface area contributed by atoms with Crippen molar-refractivity contribution >= 4 is 10.0 Å². The van der Waals surface area contributed by atoms with Crippen molar-refractivity contribution in [2.75, 3.05) is 13.1 Å². The number of sulfonamides is 1. The van der Waals surface area contributed by atoms with Gasteiger partial charge >= 0.3 is 0 Å². The van der Waals surface area contributed by atoms with E-state index in [1.807, 2.05) is 43.3 Å². The van der Waals surface area contributed by atoms with Gasteiger partial charge in [0.05, 0.1) is 11.1 Å². The molecule has 0 aromatic heterocycles. The molecular formula is C22H26N2O2S. The second-order valence-corrected chi connectivity index (χ2v) is 9.50. The summed E-state index contributed by atoms with van der Waals surface area (Å²) in [7, 11) is -3.53. The van der Waals surface area contributed by atoms with Gasteiger partial charge < -0.3 is 0 Å². The molecule has 2 aliphatic rings. The molecule has 0 spiro atoms. The number of benzene rings is 2. The van der Waals surface area contributed by atoms with Crippen LogP contribution in [-0.2, 0) is 16.6 Å². The van der Waals surface area contributed by atoms with Gasteiger partial charge in [-0.3, -0.25) is 4.90 Å². The van der Waals surface area contributed by atoms with Gasteiger partial charge in [-0.15, -0.1) is 6.58 Å². The fourth-order valence-corrected chi connectivity index (χ4v) is 6.17. The highest BCUT2D eigenvalue weighted by molar-refractivity contribution is 7.89. The van der Waals surface area contributed by atoms with Crippen LogP contribution in [0.5, 0.6) is 0 Å². The van der Waals surface area contributed by atoms with Gasteiger partial charge in [-0.1, -0.05) is 54.1 Å². The summed E-state index contributed by atoms with van der Waals surface area (Å²) in [6, 6.07) is 17.4. The Bertz CT molecular complexity index is 909. The van der Waals surface area contributed by atoms with Crippen LogP contribution in [-0.4, -0.2) is 36.9 Å². The Labute approximate surface area is 162 Å². The van der Waals surface area contributed by atoms with Gasteiger partial charge in [-0.25, -0.2) is 8.42 Å². The van der Waals surface area contributed by atoms with Crippen LogP contribution < -0.4 is 0 Å². The van der Waals surface area contributed by atoms with E-state index in [0.29, 0.717) is 17.4 Å². The Morgan fingerprint density at radius 2 is 1.81 bits per heavy atom. The first-order valence-electron chi connectivity index (χ1n) is 9.50. The zero-order valence-electron chi connectivity index (χ0n) is 15.7. The van der Waals surface area contributed by atoms with Gasteiger partial charge in [0.25, 0.3) is 0 Å². The molecule has 3 atom stereocenters. The van der Waals surface area contributed by atoms with E-state index in [1.165, 1.54) is 5.56 Å². The monoisotopic (exact) mass is 382 g/mol. The van der Waals surface area contributed by atoms with E-state index in [9.17, 15) is 8.42 Å². The summed E-state index contributed by atoms with van der Waals surface area (Å²) in [6.45, 7) is 8.13. The van der Waals surface area contributed by atoms with Crippen LogP contribution in [0, 0.1) is 18.8 Å². The minimum atomic E-state index is -3.53. The van der Waals surface area contributed by atoms with Gasteiger partial charge in [0, 0.05) is 19.6 Å². The van der Waals surface area contributed by atoms with Crippen molar-refractivity contribution in [2.45, 2.75) is 31.0 Å². The lowest BCUT2D eigenvalue weighted by Gasteiger charge is -2.31. The fraction of sp³-hybridized carbons (Fsp3) is 0.364. The highest BCUT2D eigenvalue weighted by Crippen LogP contribution is 2.43. The SMILES string of the molecule is C=C[C@H]1CN(S(=O)(=O)c2ccc(C)cc2)[C@@H]2[C@H]1CCN2Cc1ccccc1. The second kappa shape index (κ2) is 7.23. The van der Waals surface area contributed by atoms with E-state index >= 15 is 0 Å². The highest BCUT2D eigenvalue weighted by Gasteiger charge is 2.51. The van der Waals surface area contributed by atoms with Crippen molar-refractivity contribution in [3.63, 3.8) is 0 Å². The van der Waals surface area contributed by atoms with Gasteiger partial charge in [-0.05, 0) is 42.9 Å². The molecular weight excluding hydrogens is 356 g/mol. The van der Waals surface area contributed by atoms with E-state index in [4.69, 9.17) is 0 Å². The summed E-state index contributed by atoms with van der Waals surface area (Å²) >= 11 is 0. The molecule has 0 radical (unpaired) electrons. The van der Waals surface area contributed by atoms with Crippen LogP contribution in [0.25, 0.3) is 0 Å². The van der Waals surface area contributed by atoms with E-state index in [2.05, 4.69) is 23.6 Å². The van der Waals surface area contributed by atoms with Gasteiger partial charge in [0.2, 0.25) is 10.0 Å². The maximum atomic E-state index is 13.4. The van der Waals surface area contributed by atoms with Crippen LogP contribution in [0.4, 0.5) is 0 Å². The van der Waals surface area contributed by atoms with E-state index in [-0.39, 0.29) is 12.1 Å². The van der Waals surface area contributed by atoms with Gasteiger partial charge in [-0.2, -0.15) is 4.31 Å². The molecule has 0 amide bonds. The molecule has 4 nitrogen and oxygen atoms in total. The standard InChI is InChI=1S/C22H26N2O2S/c1-3-19-16-24(27(25,26)20-11-9-17(2)10-12-20)22-21(19)13-14-23(22)15-18-7-5-4-6-8-18/h3-12,19,21-22H,1,13-16H2,2H3/t19-,21-,22+/m0/s1. The molecule has 2 aromatic carbocycles. The Morgan fingerprint density at radius 1 is 1.11 bits per heavy atom. The molecule has 2 fully saturated rings. The zero-order chi connectivity index (χ0) is 19.0. The lowest BCUT2D eigenvalue weighted by atomic mass is 9.94. The Kier molecular flexibility index (Phi) is 4.93. The molecule has 0 aliphatic carbocycles. The molecule has 27 heavy (non-hydrogen) atoms. The Morgan fingerprint density at radius 3 is 2.48 bits per heavy atom. The summed E-state index contributed by atoms with van der Waals surface area (Å²) in [6.07, 6.45) is 2.85. The zero-order valence-corrected chi connectivity index (χ0v) is 16.5. The largest absolute Gasteiger partial charge is 0.282 e. The average molecular weight is 383 g/mol. The normalized spacial score (nSPS) is 26.2. The molecule has 2 aromatic rings. The predicted molar refractivity (Wildman–Crippen MR) is 108 cm³/mol. The smallest absolute Gasteiger partial charge is 0.244 e. The summed E-state index contributed by atoms with van der Waals surface area (Å²) in [4.78, 5) is 2.69. The summed E-state index contributed by atoms with van der Waals surface area (Å²) in [5.74, 6) is 0.516. The predicted octanol–water partition coefficient (Wildman–Crippen LogP) is 3.65. The number of hydrogen-bond donors (Lipinski definition) is 0. The molecule has 2 aliphatic heterocycles. The highest BCUT2D eigenvalue weighted by atomic mass is 32.2. The number of fused-ring (bicyclic) bond motifs is 1. The second-order valence-electron chi connectivity index (χ2n) is 7.61. The van der Waals surface area contributed by atoms with Crippen molar-refractivity contribution in [2.24, 2.45) is 11.8 Å². The maximum Gasteiger partial charge on any atom is 0.244 e. The van der Waals surface area contributed by atoms with E-state index < -0.39 is 10.0 Å². The van der Waals surface area contributed by atoms with Crippen molar-refractivity contribution in [1.29, 1.82) is 0 Å². The summed E-state index contributed by atoms with van der Waals surface area (Å²) < 4.78 is 28.5. The van der Waals surface area contributed by atoms with E-state index in [0.717, 1.165) is 25.1 Å². The fourth-order valence-electron chi connectivity index (χ4n) is 4.47. The minimum Gasteiger partial charge on any atom is -0.282 e. The number of rotatable bonds is 5. The first-order valence-corrected chi connectivity index (χ1v) is 10.9. The first-order chi connectivity index (χ1) is 13.0. The van der Waals surface area contributed by atoms with Gasteiger partial charge in [0.1, 0.15) is 0 Å². The van der Waals surface area contributed by atoms with Crippen LogP contribution in [0.1, 0.15) is 17.5 Å². The molecule has 2 saturated heterocycles. The summed E-state index contributed by atoms with van der Waals surface area (Å²) in [5, 5.41) is 0. The number of nitrogens with zero attached hydrogens (tertiary/aromatic N) is 2. The number of aryl methyl sites for hydroxylation is 1. The topological polar surface area (TPSA) is 40.6 Å². The summed E-state index contributed by atoms with van der Waals surface area (Å²) in [5.41, 5.74) is 2.27. The van der Waals surface area contributed by atoms with Crippen molar-refractivity contribution in [3.8, 4) is 0 Å². The Balaban J connectivity index is 1.66. The lowest BCUT2D eigenvalue weighted by Crippen LogP contribution is -2.45. The molecule has 0 unspecified atom stereocenters. The quantitative estimate of drug-likeness (QED) is 0.741. The van der Waals surface area contributed by atoms with Crippen molar-refractivity contribution in [3.05, 3.63) is 78.4 Å². The third kappa shape index (κ3) is 3.35. The van der Waals surface area contributed by atoms with Gasteiger partial charge in [0.15, 0.2) is 0 Å². The molecule has 2 heterocycles. The van der Waals surface area contributed by atoms with E-state index in [1.54, 1.807) is 16.4 Å². The third-order valence-electron chi connectivity index (χ3n) is 5.90. The van der Waals surface area contributed by atoms with Crippen molar-refractivity contribution in [1.82, 2.24) is 9.21 Å². The molecule has 142 valence electrons. The average Bonchev–Trinajstić information content (AvgIpc) is 3.24. The maximum absolute atomic E-state index is 13.4. The molecule has 0 N–H and O–H groups in total. The van der Waals surface area contributed by atoms with Crippen molar-refractivity contribution < 1.29 is 8.42 Å². The molecule has 0 bridgehead atoms. The molecule has 0 saturated carbocycles. The van der Waals surface area contributed by atoms with Crippen LogP contribution >= 0.6 is 0 Å². The van der Waals surface area contributed by atoms with Crippen LogP contribution in [0.2, 0.25) is 0 Å². The molecule has 5 heteroatoms. The minimum absolute atomic E-state index is 0.0977. The Hall–Kier alpha value is -1.95. The first kappa shape index (κ1) is 18.4.